The van der Waals surface area contributed by atoms with Crippen LogP contribution in [0.1, 0.15) is 23.1 Å². The molecule has 0 aliphatic rings. The predicted molar refractivity (Wildman–Crippen MR) is 60.5 cm³/mol. The van der Waals surface area contributed by atoms with Crippen molar-refractivity contribution in [3.05, 3.63) is 26.6 Å². The van der Waals surface area contributed by atoms with Crippen LogP contribution in [0.2, 0.25) is 0 Å². The molecule has 1 N–H and O–H groups in total. The number of aliphatic hydroxyl groups is 1. The van der Waals surface area contributed by atoms with Gasteiger partial charge in [0.2, 0.25) is 0 Å². The Bertz CT molecular complexity index is 335. The van der Waals surface area contributed by atoms with Crippen molar-refractivity contribution in [3.63, 3.8) is 0 Å². The molecule has 0 aliphatic heterocycles. The van der Waals surface area contributed by atoms with E-state index in [4.69, 9.17) is 5.11 Å². The first kappa shape index (κ1) is 12.3. The van der Waals surface area contributed by atoms with Crippen molar-refractivity contribution in [1.29, 1.82) is 0 Å². The molecule has 0 saturated heterocycles. The van der Waals surface area contributed by atoms with Gasteiger partial charge >= 0.3 is 0 Å². The van der Waals surface area contributed by atoms with Gasteiger partial charge < -0.3 is 5.11 Å². The number of hydrogen-bond acceptors (Lipinski definition) is 2. The van der Waals surface area contributed by atoms with Crippen LogP contribution in [0.15, 0.2) is 6.20 Å². The highest BCUT2D eigenvalue weighted by Crippen LogP contribution is 2.30. The maximum absolute atomic E-state index is 12.6. The van der Waals surface area contributed by atoms with Gasteiger partial charge in [-0.1, -0.05) is 15.9 Å². The largest absolute Gasteiger partial charge is 0.392 e. The van der Waals surface area contributed by atoms with E-state index >= 15 is 0 Å². The minimum atomic E-state index is -2.56. The molecule has 0 aliphatic carbocycles. The zero-order valence-electron chi connectivity index (χ0n) is 6.98. The summed E-state index contributed by atoms with van der Waals surface area (Å²) in [5.41, 5.74) is 0.786. The molecule has 1 aromatic rings. The first-order valence-corrected chi connectivity index (χ1v) is 5.93. The van der Waals surface area contributed by atoms with Gasteiger partial charge in [-0.2, -0.15) is 0 Å². The lowest BCUT2D eigenvalue weighted by molar-refractivity contribution is 0.148. The maximum atomic E-state index is 12.6. The molecule has 0 unspecified atom stereocenters. The summed E-state index contributed by atoms with van der Waals surface area (Å²) >= 11 is 4.89. The van der Waals surface area contributed by atoms with Gasteiger partial charge in [0.1, 0.15) is 3.70 Å². The number of nitrogens with zero attached hydrogens (tertiary/aromatic N) is 1. The van der Waals surface area contributed by atoms with Gasteiger partial charge in [-0.3, -0.25) is 0 Å². The zero-order valence-corrected chi connectivity index (χ0v) is 10.7. The summed E-state index contributed by atoms with van der Waals surface area (Å²) in [5.74, 6) is 0. The standard InChI is InChI=1S/C8H7BrF2INO/c9-1-5-4(3-14)2-13-8(12)6(5)7(10)11/h2,7,14H,1,3H2. The van der Waals surface area contributed by atoms with E-state index in [1.807, 2.05) is 0 Å². The highest BCUT2D eigenvalue weighted by Gasteiger charge is 2.19. The molecular formula is C8H7BrF2INO. The number of halogens is 4. The van der Waals surface area contributed by atoms with Crippen molar-refractivity contribution in [2.75, 3.05) is 0 Å². The number of rotatable bonds is 3. The minimum absolute atomic E-state index is 0.0889. The molecular weight excluding hydrogens is 371 g/mol. The average molecular weight is 378 g/mol. The van der Waals surface area contributed by atoms with E-state index in [1.165, 1.54) is 6.20 Å². The van der Waals surface area contributed by atoms with Crippen LogP contribution >= 0.6 is 38.5 Å². The van der Waals surface area contributed by atoms with E-state index in [0.717, 1.165) is 0 Å². The molecule has 78 valence electrons. The first-order valence-electron chi connectivity index (χ1n) is 3.73. The third-order valence-corrected chi connectivity index (χ3v) is 3.21. The fourth-order valence-corrected chi connectivity index (χ4v) is 2.46. The summed E-state index contributed by atoms with van der Waals surface area (Å²) in [6, 6.07) is 0. The van der Waals surface area contributed by atoms with Crippen LogP contribution in [0.25, 0.3) is 0 Å². The van der Waals surface area contributed by atoms with E-state index in [9.17, 15) is 8.78 Å². The molecule has 0 fully saturated rings. The average Bonchev–Trinajstić information content (AvgIpc) is 2.16. The van der Waals surface area contributed by atoms with Crippen LogP contribution in [0.4, 0.5) is 8.78 Å². The molecule has 14 heavy (non-hydrogen) atoms. The number of aliphatic hydroxyl groups excluding tert-OH is 1. The second kappa shape index (κ2) is 5.32. The van der Waals surface area contributed by atoms with Gasteiger partial charge in [-0.05, 0) is 28.2 Å². The Morgan fingerprint density at radius 2 is 2.21 bits per heavy atom. The number of alkyl halides is 3. The fourth-order valence-electron chi connectivity index (χ4n) is 1.10. The third-order valence-electron chi connectivity index (χ3n) is 1.79. The smallest absolute Gasteiger partial charge is 0.266 e. The molecule has 0 radical (unpaired) electrons. The Morgan fingerprint density at radius 1 is 1.57 bits per heavy atom. The molecule has 0 spiro atoms. The molecule has 0 amide bonds. The topological polar surface area (TPSA) is 33.1 Å². The summed E-state index contributed by atoms with van der Waals surface area (Å²) in [6.07, 6.45) is -1.14. The highest BCUT2D eigenvalue weighted by atomic mass is 127. The molecule has 0 saturated carbocycles. The van der Waals surface area contributed by atoms with Crippen molar-refractivity contribution in [2.24, 2.45) is 0 Å². The Balaban J connectivity index is 3.35. The Kier molecular flexibility index (Phi) is 4.65. The lowest BCUT2D eigenvalue weighted by Crippen LogP contribution is -2.04. The van der Waals surface area contributed by atoms with Crippen LogP contribution in [0, 0.1) is 3.70 Å². The summed E-state index contributed by atoms with van der Waals surface area (Å²) in [5, 5.41) is 9.23. The Hall–Kier alpha value is 0.180. The molecule has 0 atom stereocenters. The van der Waals surface area contributed by atoms with E-state index in [2.05, 4.69) is 20.9 Å². The quantitative estimate of drug-likeness (QED) is 0.499. The Morgan fingerprint density at radius 3 is 2.64 bits per heavy atom. The molecule has 1 aromatic heterocycles. The Labute approximate surface area is 102 Å². The minimum Gasteiger partial charge on any atom is -0.392 e. The molecule has 0 bridgehead atoms. The maximum Gasteiger partial charge on any atom is 0.266 e. The van der Waals surface area contributed by atoms with E-state index < -0.39 is 6.43 Å². The SMILES string of the molecule is OCc1cnc(I)c(C(F)F)c1CBr. The fraction of sp³-hybridized carbons (Fsp3) is 0.375. The van der Waals surface area contributed by atoms with Crippen LogP contribution in [0.3, 0.4) is 0 Å². The van der Waals surface area contributed by atoms with Crippen LogP contribution in [-0.4, -0.2) is 10.1 Å². The molecule has 1 heterocycles. The summed E-state index contributed by atoms with van der Waals surface area (Å²) < 4.78 is 25.6. The van der Waals surface area contributed by atoms with Crippen LogP contribution < -0.4 is 0 Å². The molecule has 2 nitrogen and oxygen atoms in total. The summed E-state index contributed by atoms with van der Waals surface area (Å²) in [7, 11) is 0. The number of hydrogen-bond donors (Lipinski definition) is 1. The van der Waals surface area contributed by atoms with Crippen LogP contribution in [0.5, 0.6) is 0 Å². The highest BCUT2D eigenvalue weighted by molar-refractivity contribution is 14.1. The normalized spacial score (nSPS) is 11.0. The zero-order chi connectivity index (χ0) is 10.7. The first-order chi connectivity index (χ1) is 6.61. The summed E-state index contributed by atoms with van der Waals surface area (Å²) in [6.45, 7) is -0.273. The second-order valence-corrected chi connectivity index (χ2v) is 4.14. The predicted octanol–water partition coefficient (Wildman–Crippen LogP) is 3.01. The van der Waals surface area contributed by atoms with Gasteiger partial charge in [-0.15, -0.1) is 0 Å². The molecule has 0 aromatic carbocycles. The van der Waals surface area contributed by atoms with Crippen molar-refractivity contribution < 1.29 is 13.9 Å². The number of aromatic nitrogens is 1. The van der Waals surface area contributed by atoms with Gasteiger partial charge in [0.15, 0.2) is 0 Å². The summed E-state index contributed by atoms with van der Waals surface area (Å²) in [4.78, 5) is 3.81. The van der Waals surface area contributed by atoms with E-state index in [1.54, 1.807) is 22.6 Å². The third kappa shape index (κ3) is 2.40. The van der Waals surface area contributed by atoms with Crippen molar-refractivity contribution in [2.45, 2.75) is 18.4 Å². The van der Waals surface area contributed by atoms with Crippen molar-refractivity contribution in [3.8, 4) is 0 Å². The van der Waals surface area contributed by atoms with Gasteiger partial charge in [-0.25, -0.2) is 13.8 Å². The van der Waals surface area contributed by atoms with Gasteiger partial charge in [0.25, 0.3) is 6.43 Å². The lowest BCUT2D eigenvalue weighted by Gasteiger charge is -2.11. The number of pyridine rings is 1. The van der Waals surface area contributed by atoms with E-state index in [0.29, 0.717) is 16.5 Å². The van der Waals surface area contributed by atoms with Gasteiger partial charge in [0.05, 0.1) is 12.2 Å². The monoisotopic (exact) mass is 377 g/mol. The molecule has 6 heteroatoms. The van der Waals surface area contributed by atoms with E-state index in [-0.39, 0.29) is 15.9 Å². The molecule has 1 rings (SSSR count). The van der Waals surface area contributed by atoms with Gasteiger partial charge in [0, 0.05) is 17.1 Å². The van der Waals surface area contributed by atoms with Crippen molar-refractivity contribution >= 4 is 38.5 Å². The van der Waals surface area contributed by atoms with Crippen molar-refractivity contribution in [1.82, 2.24) is 4.98 Å². The second-order valence-electron chi connectivity index (χ2n) is 2.56. The lowest BCUT2D eigenvalue weighted by atomic mass is 10.1. The van der Waals surface area contributed by atoms with Crippen LogP contribution in [-0.2, 0) is 11.9 Å².